The number of aryl methyl sites for hydroxylation is 2. The molecule has 1 atom stereocenters. The highest BCUT2D eigenvalue weighted by Crippen LogP contribution is 2.25. The fourth-order valence-corrected chi connectivity index (χ4v) is 4.15. The highest BCUT2D eigenvalue weighted by Gasteiger charge is 2.22. The molecule has 2 aromatic rings. The molecule has 130 valence electrons. The van der Waals surface area contributed by atoms with Gasteiger partial charge < -0.3 is 9.84 Å². The second kappa shape index (κ2) is 7.51. The van der Waals surface area contributed by atoms with E-state index in [-0.39, 0.29) is 22.3 Å². The maximum Gasteiger partial charge on any atom is 0.181 e. The minimum Gasteiger partial charge on any atom is -0.489 e. The summed E-state index contributed by atoms with van der Waals surface area (Å²) >= 11 is 5.81. The molecule has 0 aromatic heterocycles. The van der Waals surface area contributed by atoms with Crippen molar-refractivity contribution in [1.29, 1.82) is 0 Å². The quantitative estimate of drug-likeness (QED) is 0.845. The largest absolute Gasteiger partial charge is 0.489 e. The lowest BCUT2D eigenvalue weighted by Crippen LogP contribution is -2.27. The Morgan fingerprint density at radius 3 is 2.54 bits per heavy atom. The third kappa shape index (κ3) is 4.69. The van der Waals surface area contributed by atoms with Gasteiger partial charge in [0.1, 0.15) is 24.3 Å². The average molecular weight is 373 g/mol. The normalized spacial score (nSPS) is 12.9. The molecule has 0 saturated carbocycles. The van der Waals surface area contributed by atoms with E-state index >= 15 is 0 Å². The van der Waals surface area contributed by atoms with Crippen LogP contribution in [0.5, 0.6) is 5.75 Å². The van der Waals surface area contributed by atoms with Crippen molar-refractivity contribution in [2.45, 2.75) is 24.8 Å². The summed E-state index contributed by atoms with van der Waals surface area (Å²) in [5.74, 6) is -0.804. The molecule has 2 aromatic carbocycles. The molecule has 0 aliphatic carbocycles. The van der Waals surface area contributed by atoms with Gasteiger partial charge in [-0.05, 0) is 43.7 Å². The molecule has 4 nitrogen and oxygen atoms in total. The highest BCUT2D eigenvalue weighted by molar-refractivity contribution is 7.91. The van der Waals surface area contributed by atoms with Crippen molar-refractivity contribution in [1.82, 2.24) is 0 Å². The number of sulfone groups is 1. The van der Waals surface area contributed by atoms with E-state index in [4.69, 9.17) is 16.3 Å². The SMILES string of the molecule is Cc1ccc(S(=O)(=O)C[C@@H](O)COc2ccc(F)cc2Cl)c(C)c1. The molecule has 24 heavy (non-hydrogen) atoms. The van der Waals surface area contributed by atoms with E-state index in [1.165, 1.54) is 18.2 Å². The second-order valence-corrected chi connectivity index (χ2v) is 8.00. The van der Waals surface area contributed by atoms with Crippen molar-refractivity contribution in [2.24, 2.45) is 0 Å². The molecule has 0 spiro atoms. The van der Waals surface area contributed by atoms with Crippen molar-refractivity contribution < 1.29 is 22.7 Å². The van der Waals surface area contributed by atoms with Crippen LogP contribution < -0.4 is 4.74 Å². The van der Waals surface area contributed by atoms with Crippen LogP contribution in [-0.2, 0) is 9.84 Å². The highest BCUT2D eigenvalue weighted by atomic mass is 35.5. The summed E-state index contributed by atoms with van der Waals surface area (Å²) in [6, 6.07) is 8.58. The van der Waals surface area contributed by atoms with E-state index in [1.807, 2.05) is 6.92 Å². The van der Waals surface area contributed by atoms with Crippen LogP contribution in [0.15, 0.2) is 41.3 Å². The fraction of sp³-hybridized carbons (Fsp3) is 0.294. The summed E-state index contributed by atoms with van der Waals surface area (Å²) in [5, 5.41) is 10.0. The molecule has 0 fully saturated rings. The number of aliphatic hydroxyl groups excluding tert-OH is 1. The Morgan fingerprint density at radius 2 is 1.92 bits per heavy atom. The molecule has 0 radical (unpaired) electrons. The fourth-order valence-electron chi connectivity index (χ4n) is 2.32. The van der Waals surface area contributed by atoms with E-state index in [0.717, 1.165) is 11.6 Å². The number of ether oxygens (including phenoxy) is 1. The zero-order valence-corrected chi connectivity index (χ0v) is 14.9. The Kier molecular flexibility index (Phi) is 5.85. The van der Waals surface area contributed by atoms with Gasteiger partial charge in [-0.3, -0.25) is 0 Å². The molecule has 0 bridgehead atoms. The van der Waals surface area contributed by atoms with Gasteiger partial charge in [-0.15, -0.1) is 0 Å². The van der Waals surface area contributed by atoms with E-state index in [2.05, 4.69) is 0 Å². The maximum absolute atomic E-state index is 13.0. The molecule has 0 saturated heterocycles. The third-order valence-electron chi connectivity index (χ3n) is 3.40. The Balaban J connectivity index is 2.04. The number of halogens is 2. The molecule has 0 aliphatic heterocycles. The first-order valence-corrected chi connectivity index (χ1v) is 9.28. The minimum atomic E-state index is -3.65. The summed E-state index contributed by atoms with van der Waals surface area (Å²) in [6.45, 7) is 3.31. The van der Waals surface area contributed by atoms with Crippen LogP contribution in [0.3, 0.4) is 0 Å². The molecular weight excluding hydrogens is 355 g/mol. The van der Waals surface area contributed by atoms with Crippen LogP contribution >= 0.6 is 11.6 Å². The number of hydrogen-bond acceptors (Lipinski definition) is 4. The van der Waals surface area contributed by atoms with Crippen molar-refractivity contribution in [3.63, 3.8) is 0 Å². The summed E-state index contributed by atoms with van der Waals surface area (Å²) in [6.07, 6.45) is -1.24. The molecule has 7 heteroatoms. The van der Waals surface area contributed by atoms with Crippen molar-refractivity contribution in [2.75, 3.05) is 12.4 Å². The van der Waals surface area contributed by atoms with Gasteiger partial charge in [0.05, 0.1) is 15.7 Å². The average Bonchev–Trinajstić information content (AvgIpc) is 2.45. The van der Waals surface area contributed by atoms with Crippen LogP contribution in [0.25, 0.3) is 0 Å². The van der Waals surface area contributed by atoms with Gasteiger partial charge in [0.2, 0.25) is 0 Å². The summed E-state index contributed by atoms with van der Waals surface area (Å²) in [5.41, 5.74) is 1.59. The Morgan fingerprint density at radius 1 is 1.21 bits per heavy atom. The van der Waals surface area contributed by atoms with Crippen molar-refractivity contribution in [3.8, 4) is 5.75 Å². The standard InChI is InChI=1S/C17H18ClFO4S/c1-11-3-6-17(12(2)7-11)24(21,22)10-14(20)9-23-16-5-4-13(19)8-15(16)18/h3-8,14,20H,9-10H2,1-2H3/t14-/m0/s1. The molecule has 1 N–H and O–H groups in total. The van der Waals surface area contributed by atoms with E-state index < -0.39 is 27.5 Å². The van der Waals surface area contributed by atoms with E-state index in [9.17, 15) is 17.9 Å². The summed E-state index contributed by atoms with van der Waals surface area (Å²) in [4.78, 5) is 0.187. The first-order valence-electron chi connectivity index (χ1n) is 7.25. The second-order valence-electron chi connectivity index (χ2n) is 5.59. The first kappa shape index (κ1) is 18.7. The lowest BCUT2D eigenvalue weighted by atomic mass is 10.2. The first-order chi connectivity index (χ1) is 11.2. The number of aliphatic hydroxyl groups is 1. The zero-order chi connectivity index (χ0) is 17.9. The smallest absolute Gasteiger partial charge is 0.181 e. The van der Waals surface area contributed by atoms with Crippen molar-refractivity contribution in [3.05, 3.63) is 58.4 Å². The van der Waals surface area contributed by atoms with Gasteiger partial charge in [-0.25, -0.2) is 12.8 Å². The van der Waals surface area contributed by atoms with E-state index in [0.29, 0.717) is 5.56 Å². The molecule has 0 unspecified atom stereocenters. The van der Waals surface area contributed by atoms with Gasteiger partial charge in [0.15, 0.2) is 9.84 Å². The topological polar surface area (TPSA) is 63.6 Å². The predicted molar refractivity (Wildman–Crippen MR) is 90.9 cm³/mol. The minimum absolute atomic E-state index is 0.0550. The predicted octanol–water partition coefficient (Wildman–Crippen LogP) is 3.31. The Bertz CT molecular complexity index is 836. The molecule has 0 amide bonds. The van der Waals surface area contributed by atoms with Gasteiger partial charge >= 0.3 is 0 Å². The van der Waals surface area contributed by atoms with E-state index in [1.54, 1.807) is 19.1 Å². The summed E-state index contributed by atoms with van der Waals surface area (Å²) in [7, 11) is -3.65. The Hall–Kier alpha value is -1.63. The number of benzene rings is 2. The lowest BCUT2D eigenvalue weighted by Gasteiger charge is -2.15. The third-order valence-corrected chi connectivity index (χ3v) is 5.65. The number of hydrogen-bond donors (Lipinski definition) is 1. The zero-order valence-electron chi connectivity index (χ0n) is 13.3. The molecule has 2 rings (SSSR count). The Labute approximate surface area is 145 Å². The van der Waals surface area contributed by atoms with Gasteiger partial charge in [0.25, 0.3) is 0 Å². The van der Waals surface area contributed by atoms with Crippen molar-refractivity contribution >= 4 is 21.4 Å². The monoisotopic (exact) mass is 372 g/mol. The maximum atomic E-state index is 13.0. The lowest BCUT2D eigenvalue weighted by molar-refractivity contribution is 0.125. The van der Waals surface area contributed by atoms with Crippen LogP contribution in [0.1, 0.15) is 11.1 Å². The van der Waals surface area contributed by atoms with Crippen LogP contribution in [0.4, 0.5) is 4.39 Å². The molecule has 0 aliphatic rings. The van der Waals surface area contributed by atoms with Crippen LogP contribution in [0.2, 0.25) is 5.02 Å². The molecular formula is C17H18ClFO4S. The van der Waals surface area contributed by atoms with Gasteiger partial charge in [-0.1, -0.05) is 29.3 Å². The summed E-state index contributed by atoms with van der Waals surface area (Å²) < 4.78 is 43.0. The van der Waals surface area contributed by atoms with Gasteiger partial charge in [0, 0.05) is 0 Å². The number of rotatable bonds is 6. The van der Waals surface area contributed by atoms with Gasteiger partial charge in [-0.2, -0.15) is 0 Å². The van der Waals surface area contributed by atoms with Crippen LogP contribution in [0, 0.1) is 19.7 Å². The molecule has 0 heterocycles. The van der Waals surface area contributed by atoms with Crippen LogP contribution in [-0.4, -0.2) is 32.0 Å².